The molecule has 0 spiro atoms. The summed E-state index contributed by atoms with van der Waals surface area (Å²) in [7, 11) is 0. The third kappa shape index (κ3) is 2.17. The Labute approximate surface area is 98.8 Å². The van der Waals surface area contributed by atoms with Crippen molar-refractivity contribution in [2.24, 2.45) is 5.73 Å². The number of halogens is 3. The summed E-state index contributed by atoms with van der Waals surface area (Å²) in [6.07, 6.45) is -4.58. The number of carboxylic acids is 1. The second-order valence-electron chi connectivity index (χ2n) is 3.72. The monoisotopic (exact) mass is 259 g/mol. The molecule has 4 nitrogen and oxygen atoms in total. The molecule has 1 aromatic heterocycles. The SMILES string of the molecule is NC(C(=O)O)c1ccc2oc(C(F)(F)F)cc2c1. The molecule has 0 aliphatic carbocycles. The van der Waals surface area contributed by atoms with E-state index in [2.05, 4.69) is 4.42 Å². The van der Waals surface area contributed by atoms with Crippen molar-refractivity contribution >= 4 is 16.9 Å². The van der Waals surface area contributed by atoms with Gasteiger partial charge >= 0.3 is 12.1 Å². The van der Waals surface area contributed by atoms with Gasteiger partial charge in [-0.2, -0.15) is 13.2 Å². The van der Waals surface area contributed by atoms with E-state index in [1.165, 1.54) is 18.2 Å². The summed E-state index contributed by atoms with van der Waals surface area (Å²) in [6.45, 7) is 0. The highest BCUT2D eigenvalue weighted by Crippen LogP contribution is 2.34. The zero-order valence-electron chi connectivity index (χ0n) is 8.86. The van der Waals surface area contributed by atoms with Crippen molar-refractivity contribution < 1.29 is 27.5 Å². The normalized spacial score (nSPS) is 13.8. The summed E-state index contributed by atoms with van der Waals surface area (Å²) in [5.41, 5.74) is 5.61. The molecule has 0 bridgehead atoms. The molecule has 0 aliphatic rings. The molecule has 1 aromatic carbocycles. The standard InChI is InChI=1S/C11H8F3NO3/c12-11(13,14)8-4-6-3-5(9(15)10(16)17)1-2-7(6)18-8/h1-4,9H,15H2,(H,16,17). The number of benzene rings is 1. The van der Waals surface area contributed by atoms with E-state index < -0.39 is 23.9 Å². The highest BCUT2D eigenvalue weighted by atomic mass is 19.4. The number of carbonyl (C=O) groups is 1. The van der Waals surface area contributed by atoms with Gasteiger partial charge in [0.15, 0.2) is 0 Å². The molecule has 96 valence electrons. The van der Waals surface area contributed by atoms with Crippen LogP contribution in [0.25, 0.3) is 11.0 Å². The molecule has 0 radical (unpaired) electrons. The lowest BCUT2D eigenvalue weighted by Gasteiger charge is -2.05. The van der Waals surface area contributed by atoms with Gasteiger partial charge < -0.3 is 15.3 Å². The van der Waals surface area contributed by atoms with Crippen LogP contribution < -0.4 is 5.73 Å². The van der Waals surface area contributed by atoms with Crippen molar-refractivity contribution in [3.8, 4) is 0 Å². The number of hydrogen-bond donors (Lipinski definition) is 2. The molecule has 0 saturated carbocycles. The van der Waals surface area contributed by atoms with Gasteiger partial charge in [-0.1, -0.05) is 6.07 Å². The quantitative estimate of drug-likeness (QED) is 0.868. The first-order chi connectivity index (χ1) is 8.29. The van der Waals surface area contributed by atoms with Crippen molar-refractivity contribution in [1.82, 2.24) is 0 Å². The van der Waals surface area contributed by atoms with E-state index in [0.717, 1.165) is 6.07 Å². The van der Waals surface area contributed by atoms with E-state index >= 15 is 0 Å². The Bertz CT molecular complexity index is 603. The van der Waals surface area contributed by atoms with Crippen LogP contribution >= 0.6 is 0 Å². The van der Waals surface area contributed by atoms with Crippen LogP contribution in [-0.2, 0) is 11.0 Å². The topological polar surface area (TPSA) is 76.5 Å². The lowest BCUT2D eigenvalue weighted by molar-refractivity contribution is -0.152. The number of nitrogens with two attached hydrogens (primary N) is 1. The molecule has 0 amide bonds. The largest absolute Gasteiger partial charge is 0.480 e. The van der Waals surface area contributed by atoms with Gasteiger partial charge in [-0.3, -0.25) is 4.79 Å². The van der Waals surface area contributed by atoms with Crippen molar-refractivity contribution in [2.75, 3.05) is 0 Å². The maximum absolute atomic E-state index is 12.4. The van der Waals surface area contributed by atoms with Gasteiger partial charge in [-0.25, -0.2) is 0 Å². The minimum Gasteiger partial charge on any atom is -0.480 e. The Balaban J connectivity index is 2.49. The van der Waals surface area contributed by atoms with Crippen molar-refractivity contribution in [3.63, 3.8) is 0 Å². The van der Waals surface area contributed by atoms with E-state index in [0.29, 0.717) is 0 Å². The Morgan fingerprint density at radius 1 is 1.33 bits per heavy atom. The molecular weight excluding hydrogens is 251 g/mol. The second kappa shape index (κ2) is 4.02. The van der Waals surface area contributed by atoms with Crippen LogP contribution in [0.2, 0.25) is 0 Å². The number of alkyl halides is 3. The molecule has 2 aromatic rings. The molecule has 0 saturated heterocycles. The minimum absolute atomic E-state index is 0.0312. The van der Waals surface area contributed by atoms with Gasteiger partial charge in [0.1, 0.15) is 11.6 Å². The number of fused-ring (bicyclic) bond motifs is 1. The fourth-order valence-corrected chi connectivity index (χ4v) is 1.54. The molecule has 2 rings (SSSR count). The first-order valence-corrected chi connectivity index (χ1v) is 4.88. The van der Waals surface area contributed by atoms with Crippen LogP contribution in [0.4, 0.5) is 13.2 Å². The third-order valence-electron chi connectivity index (χ3n) is 2.44. The van der Waals surface area contributed by atoms with Gasteiger partial charge in [0, 0.05) is 5.39 Å². The molecule has 0 fully saturated rings. The van der Waals surface area contributed by atoms with Gasteiger partial charge in [0.25, 0.3) is 0 Å². The van der Waals surface area contributed by atoms with E-state index in [-0.39, 0.29) is 16.5 Å². The molecule has 1 heterocycles. The van der Waals surface area contributed by atoms with Gasteiger partial charge in [0.2, 0.25) is 5.76 Å². The van der Waals surface area contributed by atoms with Gasteiger partial charge in [0.05, 0.1) is 0 Å². The van der Waals surface area contributed by atoms with Crippen molar-refractivity contribution in [2.45, 2.75) is 12.2 Å². The summed E-state index contributed by atoms with van der Waals surface area (Å²) < 4.78 is 41.8. The lowest BCUT2D eigenvalue weighted by Crippen LogP contribution is -2.20. The number of furan rings is 1. The third-order valence-corrected chi connectivity index (χ3v) is 2.44. The first-order valence-electron chi connectivity index (χ1n) is 4.88. The molecule has 1 unspecified atom stereocenters. The van der Waals surface area contributed by atoms with Crippen LogP contribution in [0.15, 0.2) is 28.7 Å². The summed E-state index contributed by atoms with van der Waals surface area (Å²) in [6, 6.07) is 3.40. The maximum Gasteiger partial charge on any atom is 0.449 e. The summed E-state index contributed by atoms with van der Waals surface area (Å²) in [5.74, 6) is -2.38. The molecule has 0 aliphatic heterocycles. The van der Waals surface area contributed by atoms with Crippen molar-refractivity contribution in [1.29, 1.82) is 0 Å². The van der Waals surface area contributed by atoms with Crippen LogP contribution in [0, 0.1) is 0 Å². The zero-order chi connectivity index (χ0) is 13.5. The Morgan fingerprint density at radius 2 is 2.00 bits per heavy atom. The van der Waals surface area contributed by atoms with E-state index in [1.807, 2.05) is 0 Å². The van der Waals surface area contributed by atoms with Gasteiger partial charge in [-0.05, 0) is 23.8 Å². The summed E-state index contributed by atoms with van der Waals surface area (Å²) in [5, 5.41) is 8.88. The second-order valence-corrected chi connectivity index (χ2v) is 3.72. The van der Waals surface area contributed by atoms with E-state index in [9.17, 15) is 18.0 Å². The molecule has 18 heavy (non-hydrogen) atoms. The number of aliphatic carboxylic acids is 1. The van der Waals surface area contributed by atoms with E-state index in [4.69, 9.17) is 10.8 Å². The average Bonchev–Trinajstić information content (AvgIpc) is 2.69. The Kier molecular flexibility index (Phi) is 2.78. The molecular formula is C11H8F3NO3. The first kappa shape index (κ1) is 12.4. The molecule has 7 heteroatoms. The predicted molar refractivity (Wildman–Crippen MR) is 55.8 cm³/mol. The van der Waals surface area contributed by atoms with Crippen LogP contribution in [0.5, 0.6) is 0 Å². The lowest BCUT2D eigenvalue weighted by atomic mass is 10.1. The average molecular weight is 259 g/mol. The van der Waals surface area contributed by atoms with Crippen molar-refractivity contribution in [3.05, 3.63) is 35.6 Å². The highest BCUT2D eigenvalue weighted by molar-refractivity contribution is 5.82. The highest BCUT2D eigenvalue weighted by Gasteiger charge is 2.35. The fourth-order valence-electron chi connectivity index (χ4n) is 1.54. The number of carboxylic acid groups (broad SMARTS) is 1. The Hall–Kier alpha value is -2.02. The fraction of sp³-hybridized carbons (Fsp3) is 0.182. The van der Waals surface area contributed by atoms with Gasteiger partial charge in [-0.15, -0.1) is 0 Å². The number of rotatable bonds is 2. The smallest absolute Gasteiger partial charge is 0.449 e. The number of hydrogen-bond acceptors (Lipinski definition) is 3. The minimum atomic E-state index is -4.58. The summed E-state index contributed by atoms with van der Waals surface area (Å²) in [4.78, 5) is 10.7. The zero-order valence-corrected chi connectivity index (χ0v) is 8.86. The maximum atomic E-state index is 12.4. The summed E-state index contributed by atoms with van der Waals surface area (Å²) >= 11 is 0. The predicted octanol–water partition coefficient (Wildman–Crippen LogP) is 2.54. The van der Waals surface area contributed by atoms with Crippen LogP contribution in [0.1, 0.15) is 17.4 Å². The molecule has 1 atom stereocenters. The van der Waals surface area contributed by atoms with Crippen LogP contribution in [0.3, 0.4) is 0 Å². The molecule has 3 N–H and O–H groups in total. The van der Waals surface area contributed by atoms with E-state index in [1.54, 1.807) is 0 Å². The van der Waals surface area contributed by atoms with Crippen LogP contribution in [-0.4, -0.2) is 11.1 Å². The Morgan fingerprint density at radius 3 is 2.56 bits per heavy atom.